The van der Waals surface area contributed by atoms with Crippen molar-refractivity contribution in [2.45, 2.75) is 65.0 Å². The molecule has 2 unspecified atom stereocenters. The molecule has 1 aliphatic carbocycles. The minimum Gasteiger partial charge on any atom is -0.329 e. The van der Waals surface area contributed by atoms with Crippen LogP contribution >= 0.6 is 0 Å². The van der Waals surface area contributed by atoms with Crippen LogP contribution in [-0.2, 0) is 0 Å². The van der Waals surface area contributed by atoms with Gasteiger partial charge in [0.25, 0.3) is 0 Å². The summed E-state index contributed by atoms with van der Waals surface area (Å²) in [6, 6.07) is 0.567. The Morgan fingerprint density at radius 3 is 2.26 bits per heavy atom. The van der Waals surface area contributed by atoms with Gasteiger partial charge in [-0.25, -0.2) is 0 Å². The molecule has 1 saturated carbocycles. The highest BCUT2D eigenvalue weighted by molar-refractivity contribution is 5.00. The highest BCUT2D eigenvalue weighted by Crippen LogP contribution is 2.44. The topological polar surface area (TPSA) is 32.5 Å². The van der Waals surface area contributed by atoms with Gasteiger partial charge in [0, 0.05) is 24.7 Å². The molecule has 1 aliphatic rings. The van der Waals surface area contributed by atoms with Gasteiger partial charge in [-0.2, -0.15) is 0 Å². The maximum absolute atomic E-state index is 6.25. The summed E-state index contributed by atoms with van der Waals surface area (Å²) in [6.07, 6.45) is 5.16. The van der Waals surface area contributed by atoms with Gasteiger partial charge in [0.2, 0.25) is 0 Å². The summed E-state index contributed by atoms with van der Waals surface area (Å²) in [4.78, 5) is 4.96. The molecule has 0 bridgehead atoms. The number of rotatable bonds is 6. The fourth-order valence-corrected chi connectivity index (χ4v) is 4.24. The third-order valence-corrected chi connectivity index (χ3v) is 4.79. The first-order valence-electron chi connectivity index (χ1n) is 7.88. The molecule has 2 N–H and O–H groups in total. The third kappa shape index (κ3) is 4.17. The van der Waals surface area contributed by atoms with E-state index in [1.807, 2.05) is 0 Å². The van der Waals surface area contributed by atoms with Crippen LogP contribution in [-0.4, -0.2) is 55.1 Å². The minimum absolute atomic E-state index is 0.214. The first kappa shape index (κ1) is 16.9. The van der Waals surface area contributed by atoms with Crippen molar-refractivity contribution in [2.24, 2.45) is 11.1 Å². The maximum atomic E-state index is 6.25. The zero-order chi connectivity index (χ0) is 14.7. The van der Waals surface area contributed by atoms with E-state index in [1.165, 1.54) is 25.7 Å². The molecule has 19 heavy (non-hydrogen) atoms. The standard InChI is InChI=1S/C16H35N3/c1-7-19(14(2)11-18(5)6)16(13-17)10-8-9-15(3,4)12-16/h14H,7-13,17H2,1-6H3. The van der Waals surface area contributed by atoms with Gasteiger partial charge in [0.1, 0.15) is 0 Å². The lowest BCUT2D eigenvalue weighted by molar-refractivity contribution is -0.0161. The van der Waals surface area contributed by atoms with Crippen LogP contribution in [0.4, 0.5) is 0 Å². The van der Waals surface area contributed by atoms with E-state index in [2.05, 4.69) is 51.6 Å². The molecule has 0 aromatic rings. The molecule has 1 fully saturated rings. The lowest BCUT2D eigenvalue weighted by atomic mass is 9.67. The van der Waals surface area contributed by atoms with E-state index in [1.54, 1.807) is 0 Å². The van der Waals surface area contributed by atoms with Gasteiger partial charge in [-0.1, -0.05) is 27.2 Å². The van der Waals surface area contributed by atoms with E-state index in [4.69, 9.17) is 5.73 Å². The highest BCUT2D eigenvalue weighted by atomic mass is 15.3. The number of likely N-dealkylation sites (N-methyl/N-ethyl adjacent to an activating group) is 2. The molecule has 3 heteroatoms. The smallest absolute Gasteiger partial charge is 0.0340 e. The Morgan fingerprint density at radius 1 is 1.21 bits per heavy atom. The Morgan fingerprint density at radius 2 is 1.84 bits per heavy atom. The van der Waals surface area contributed by atoms with Crippen molar-refractivity contribution in [2.75, 3.05) is 33.7 Å². The van der Waals surface area contributed by atoms with Crippen molar-refractivity contribution in [3.05, 3.63) is 0 Å². The van der Waals surface area contributed by atoms with E-state index in [-0.39, 0.29) is 5.54 Å². The van der Waals surface area contributed by atoms with Crippen molar-refractivity contribution in [3.63, 3.8) is 0 Å². The van der Waals surface area contributed by atoms with Gasteiger partial charge in [0.15, 0.2) is 0 Å². The van der Waals surface area contributed by atoms with Gasteiger partial charge in [-0.15, -0.1) is 0 Å². The summed E-state index contributed by atoms with van der Waals surface area (Å²) in [7, 11) is 4.31. The van der Waals surface area contributed by atoms with Crippen molar-refractivity contribution >= 4 is 0 Å². The summed E-state index contributed by atoms with van der Waals surface area (Å²) in [5.74, 6) is 0. The van der Waals surface area contributed by atoms with Crippen LogP contribution in [0, 0.1) is 5.41 Å². The van der Waals surface area contributed by atoms with Gasteiger partial charge in [0.05, 0.1) is 0 Å². The Labute approximate surface area is 120 Å². The molecule has 114 valence electrons. The zero-order valence-electron chi connectivity index (χ0n) is 14.0. The summed E-state index contributed by atoms with van der Waals surface area (Å²) in [5.41, 5.74) is 6.90. The van der Waals surface area contributed by atoms with Gasteiger partial charge in [-0.05, 0) is 52.2 Å². The van der Waals surface area contributed by atoms with E-state index in [0.717, 1.165) is 19.6 Å². The number of hydrogen-bond acceptors (Lipinski definition) is 3. The van der Waals surface area contributed by atoms with Crippen LogP contribution in [0.15, 0.2) is 0 Å². The molecule has 2 atom stereocenters. The predicted molar refractivity (Wildman–Crippen MR) is 84.4 cm³/mol. The largest absolute Gasteiger partial charge is 0.329 e. The zero-order valence-corrected chi connectivity index (χ0v) is 14.0. The van der Waals surface area contributed by atoms with Crippen molar-refractivity contribution in [1.82, 2.24) is 9.80 Å². The van der Waals surface area contributed by atoms with Crippen LogP contribution in [0.2, 0.25) is 0 Å². The fraction of sp³-hybridized carbons (Fsp3) is 1.00. The Bertz CT molecular complexity index is 275. The normalized spacial score (nSPS) is 28.9. The second kappa shape index (κ2) is 6.55. The van der Waals surface area contributed by atoms with E-state index < -0.39 is 0 Å². The number of nitrogens with zero attached hydrogens (tertiary/aromatic N) is 2. The number of nitrogens with two attached hydrogens (primary N) is 1. The molecule has 0 amide bonds. The molecule has 0 heterocycles. The summed E-state index contributed by atoms with van der Waals surface area (Å²) in [5, 5.41) is 0. The lowest BCUT2D eigenvalue weighted by Crippen LogP contribution is -2.61. The van der Waals surface area contributed by atoms with E-state index in [9.17, 15) is 0 Å². The quantitative estimate of drug-likeness (QED) is 0.804. The van der Waals surface area contributed by atoms with Gasteiger partial charge in [-0.3, -0.25) is 4.90 Å². The molecule has 1 rings (SSSR count). The van der Waals surface area contributed by atoms with Crippen molar-refractivity contribution < 1.29 is 0 Å². The van der Waals surface area contributed by atoms with Crippen molar-refractivity contribution in [3.8, 4) is 0 Å². The first-order valence-corrected chi connectivity index (χ1v) is 7.88. The Hall–Kier alpha value is -0.120. The molecule has 3 nitrogen and oxygen atoms in total. The summed E-state index contributed by atoms with van der Waals surface area (Å²) < 4.78 is 0. The first-order chi connectivity index (χ1) is 8.76. The van der Waals surface area contributed by atoms with Crippen molar-refractivity contribution in [1.29, 1.82) is 0 Å². The van der Waals surface area contributed by atoms with E-state index in [0.29, 0.717) is 11.5 Å². The van der Waals surface area contributed by atoms with Gasteiger partial charge < -0.3 is 10.6 Å². The number of hydrogen-bond donors (Lipinski definition) is 1. The molecular formula is C16H35N3. The van der Waals surface area contributed by atoms with E-state index >= 15 is 0 Å². The molecular weight excluding hydrogens is 234 g/mol. The molecule has 0 aromatic carbocycles. The Kier molecular flexibility index (Phi) is 5.84. The van der Waals surface area contributed by atoms with Crippen LogP contribution < -0.4 is 5.73 Å². The van der Waals surface area contributed by atoms with Crippen LogP contribution in [0.5, 0.6) is 0 Å². The predicted octanol–water partition coefficient (Wildman–Crippen LogP) is 2.56. The fourth-order valence-electron chi connectivity index (χ4n) is 4.24. The second-order valence-electron chi connectivity index (χ2n) is 7.52. The minimum atomic E-state index is 0.214. The summed E-state index contributed by atoms with van der Waals surface area (Å²) >= 11 is 0. The highest BCUT2D eigenvalue weighted by Gasteiger charge is 2.44. The van der Waals surface area contributed by atoms with Crippen LogP contribution in [0.1, 0.15) is 53.4 Å². The third-order valence-electron chi connectivity index (χ3n) is 4.79. The summed E-state index contributed by atoms with van der Waals surface area (Å²) in [6.45, 7) is 12.4. The average molecular weight is 269 g/mol. The Balaban J connectivity index is 2.90. The van der Waals surface area contributed by atoms with Crippen LogP contribution in [0.3, 0.4) is 0 Å². The monoisotopic (exact) mass is 269 g/mol. The molecule has 0 aromatic heterocycles. The second-order valence-corrected chi connectivity index (χ2v) is 7.52. The molecule has 0 aliphatic heterocycles. The molecule has 0 radical (unpaired) electrons. The molecule has 0 spiro atoms. The SMILES string of the molecule is CCN(C(C)CN(C)C)C1(CN)CCCC(C)(C)C1. The molecule has 0 saturated heterocycles. The lowest BCUT2D eigenvalue weighted by Gasteiger charge is -2.53. The average Bonchev–Trinajstić information content (AvgIpc) is 2.27. The maximum Gasteiger partial charge on any atom is 0.0340 e. The van der Waals surface area contributed by atoms with Gasteiger partial charge >= 0.3 is 0 Å². The van der Waals surface area contributed by atoms with Crippen LogP contribution in [0.25, 0.3) is 0 Å².